The molecule has 0 bridgehead atoms. The molecular weight excluding hydrogens is 164 g/mol. The predicted octanol–water partition coefficient (Wildman–Crippen LogP) is -0.989. The van der Waals surface area contributed by atoms with Crippen molar-refractivity contribution < 1.29 is 19.5 Å². The first-order valence-electron chi connectivity index (χ1n) is 3.32. The van der Waals surface area contributed by atoms with Crippen molar-refractivity contribution in [1.82, 2.24) is 10.2 Å². The standard InChI is InChI=1S/C6H8N2O4/c1-8-3(2-4(9)10)5(11)7-6(8)12/h3H,2H2,1H3,(H,9,10)(H,7,11,12). The summed E-state index contributed by atoms with van der Waals surface area (Å²) in [5.41, 5.74) is 0. The highest BCUT2D eigenvalue weighted by molar-refractivity contribution is 6.05. The van der Waals surface area contributed by atoms with Crippen LogP contribution in [0.15, 0.2) is 0 Å². The van der Waals surface area contributed by atoms with Gasteiger partial charge in [0.2, 0.25) is 0 Å². The predicted molar refractivity (Wildman–Crippen MR) is 37.3 cm³/mol. The average Bonchev–Trinajstić information content (AvgIpc) is 2.16. The van der Waals surface area contributed by atoms with E-state index < -0.39 is 23.9 Å². The first-order chi connectivity index (χ1) is 5.52. The number of carboxylic acid groups (broad SMARTS) is 1. The molecule has 6 nitrogen and oxygen atoms in total. The molecule has 1 unspecified atom stereocenters. The molecule has 1 fully saturated rings. The largest absolute Gasteiger partial charge is 0.481 e. The van der Waals surface area contributed by atoms with Crippen molar-refractivity contribution in [2.24, 2.45) is 0 Å². The Morgan fingerprint density at radius 2 is 2.25 bits per heavy atom. The van der Waals surface area contributed by atoms with Gasteiger partial charge in [0.1, 0.15) is 6.04 Å². The summed E-state index contributed by atoms with van der Waals surface area (Å²) in [6.45, 7) is 0. The zero-order valence-electron chi connectivity index (χ0n) is 6.40. The number of carbonyl (C=O) groups excluding carboxylic acids is 2. The van der Waals surface area contributed by atoms with Gasteiger partial charge in [-0.2, -0.15) is 0 Å². The van der Waals surface area contributed by atoms with E-state index in [1.54, 1.807) is 0 Å². The Kier molecular flexibility index (Phi) is 1.99. The maximum absolute atomic E-state index is 10.9. The molecule has 0 saturated carbocycles. The Morgan fingerprint density at radius 3 is 2.58 bits per heavy atom. The third-order valence-electron chi connectivity index (χ3n) is 1.69. The van der Waals surface area contributed by atoms with E-state index in [9.17, 15) is 14.4 Å². The molecule has 1 rings (SSSR count). The summed E-state index contributed by atoms with van der Waals surface area (Å²) in [6, 6.07) is -1.42. The number of nitrogens with zero attached hydrogens (tertiary/aromatic N) is 1. The number of carbonyl (C=O) groups is 3. The first kappa shape index (κ1) is 8.51. The molecule has 1 heterocycles. The lowest BCUT2D eigenvalue weighted by Crippen LogP contribution is -2.33. The molecule has 2 N–H and O–H groups in total. The van der Waals surface area contributed by atoms with E-state index in [1.165, 1.54) is 7.05 Å². The van der Waals surface area contributed by atoms with Crippen LogP contribution in [-0.4, -0.2) is 41.0 Å². The summed E-state index contributed by atoms with van der Waals surface area (Å²) in [7, 11) is 1.38. The lowest BCUT2D eigenvalue weighted by atomic mass is 10.2. The van der Waals surface area contributed by atoms with Crippen LogP contribution in [0.25, 0.3) is 0 Å². The second-order valence-electron chi connectivity index (χ2n) is 2.52. The highest BCUT2D eigenvalue weighted by Gasteiger charge is 2.36. The smallest absolute Gasteiger partial charge is 0.324 e. The zero-order chi connectivity index (χ0) is 9.30. The summed E-state index contributed by atoms with van der Waals surface area (Å²) in [6.07, 6.45) is -0.353. The van der Waals surface area contributed by atoms with Gasteiger partial charge in [-0.3, -0.25) is 14.9 Å². The van der Waals surface area contributed by atoms with Gasteiger partial charge in [0.25, 0.3) is 5.91 Å². The van der Waals surface area contributed by atoms with E-state index in [0.717, 1.165) is 4.90 Å². The number of imide groups is 1. The molecule has 0 aromatic carbocycles. The number of hydrogen-bond donors (Lipinski definition) is 2. The number of carboxylic acids is 1. The third kappa shape index (κ3) is 1.36. The molecule has 12 heavy (non-hydrogen) atoms. The molecule has 0 spiro atoms. The van der Waals surface area contributed by atoms with Crippen molar-refractivity contribution in [1.29, 1.82) is 0 Å². The monoisotopic (exact) mass is 172 g/mol. The van der Waals surface area contributed by atoms with E-state index in [-0.39, 0.29) is 6.42 Å². The fourth-order valence-corrected chi connectivity index (χ4v) is 0.989. The summed E-state index contributed by atoms with van der Waals surface area (Å²) in [5, 5.41) is 10.4. The molecule has 1 aliphatic heterocycles. The van der Waals surface area contributed by atoms with Crippen molar-refractivity contribution in [3.63, 3.8) is 0 Å². The molecule has 1 saturated heterocycles. The fraction of sp³-hybridized carbons (Fsp3) is 0.500. The second kappa shape index (κ2) is 2.80. The van der Waals surface area contributed by atoms with Crippen molar-refractivity contribution in [3.05, 3.63) is 0 Å². The minimum absolute atomic E-state index is 0.353. The maximum Gasteiger partial charge on any atom is 0.324 e. The normalized spacial score (nSPS) is 22.8. The van der Waals surface area contributed by atoms with Gasteiger partial charge in [-0.15, -0.1) is 0 Å². The third-order valence-corrected chi connectivity index (χ3v) is 1.69. The van der Waals surface area contributed by atoms with Crippen LogP contribution in [0, 0.1) is 0 Å². The lowest BCUT2D eigenvalue weighted by Gasteiger charge is -2.12. The summed E-state index contributed by atoms with van der Waals surface area (Å²) in [4.78, 5) is 33.0. The molecule has 0 radical (unpaired) electrons. The van der Waals surface area contributed by atoms with Crippen LogP contribution in [-0.2, 0) is 9.59 Å². The average molecular weight is 172 g/mol. The molecule has 0 aliphatic carbocycles. The van der Waals surface area contributed by atoms with E-state index in [1.807, 2.05) is 5.32 Å². The Hall–Kier alpha value is -1.59. The van der Waals surface area contributed by atoms with Gasteiger partial charge in [0.05, 0.1) is 6.42 Å². The van der Waals surface area contributed by atoms with Crippen molar-refractivity contribution >= 4 is 17.9 Å². The first-order valence-corrected chi connectivity index (χ1v) is 3.32. The molecule has 3 amide bonds. The molecular formula is C6H8N2O4. The van der Waals surface area contributed by atoms with Gasteiger partial charge in [-0.05, 0) is 0 Å². The van der Waals surface area contributed by atoms with E-state index in [0.29, 0.717) is 0 Å². The SMILES string of the molecule is CN1C(=O)NC(=O)C1CC(=O)O. The molecule has 0 aromatic rings. The van der Waals surface area contributed by atoms with Crippen molar-refractivity contribution in [3.8, 4) is 0 Å². The maximum atomic E-state index is 10.9. The fourth-order valence-electron chi connectivity index (χ4n) is 0.989. The quantitative estimate of drug-likeness (QED) is 0.523. The van der Waals surface area contributed by atoms with Gasteiger partial charge in [0, 0.05) is 7.05 Å². The van der Waals surface area contributed by atoms with Gasteiger partial charge in [0.15, 0.2) is 0 Å². The van der Waals surface area contributed by atoms with E-state index >= 15 is 0 Å². The number of aliphatic carboxylic acids is 1. The molecule has 66 valence electrons. The molecule has 0 aromatic heterocycles. The van der Waals surface area contributed by atoms with E-state index in [4.69, 9.17) is 5.11 Å². The lowest BCUT2D eigenvalue weighted by molar-refractivity contribution is -0.140. The number of hydrogen-bond acceptors (Lipinski definition) is 3. The number of urea groups is 1. The summed E-state index contributed by atoms with van der Waals surface area (Å²) < 4.78 is 0. The van der Waals surface area contributed by atoms with Crippen LogP contribution < -0.4 is 5.32 Å². The Morgan fingerprint density at radius 1 is 1.67 bits per heavy atom. The van der Waals surface area contributed by atoms with Gasteiger partial charge >= 0.3 is 12.0 Å². The topological polar surface area (TPSA) is 86.7 Å². The second-order valence-corrected chi connectivity index (χ2v) is 2.52. The van der Waals surface area contributed by atoms with Crippen molar-refractivity contribution in [2.45, 2.75) is 12.5 Å². The van der Waals surface area contributed by atoms with Crippen molar-refractivity contribution in [2.75, 3.05) is 7.05 Å². The zero-order valence-corrected chi connectivity index (χ0v) is 6.40. The number of amides is 3. The minimum Gasteiger partial charge on any atom is -0.481 e. The Labute approximate surface area is 68.1 Å². The van der Waals surface area contributed by atoms with Crippen LogP contribution in [0.1, 0.15) is 6.42 Å². The number of nitrogens with one attached hydrogen (secondary N) is 1. The number of likely N-dealkylation sites (N-methyl/N-ethyl adjacent to an activating group) is 1. The van der Waals surface area contributed by atoms with Gasteiger partial charge in [-0.1, -0.05) is 0 Å². The molecule has 1 atom stereocenters. The van der Waals surface area contributed by atoms with Gasteiger partial charge in [-0.25, -0.2) is 4.79 Å². The van der Waals surface area contributed by atoms with Crippen LogP contribution in [0.3, 0.4) is 0 Å². The Balaban J connectivity index is 2.70. The Bertz CT molecular complexity index is 250. The summed E-state index contributed by atoms with van der Waals surface area (Å²) in [5.74, 6) is -1.65. The van der Waals surface area contributed by atoms with E-state index in [2.05, 4.69) is 0 Å². The van der Waals surface area contributed by atoms with Crippen LogP contribution in [0.4, 0.5) is 4.79 Å². The summed E-state index contributed by atoms with van der Waals surface area (Å²) >= 11 is 0. The van der Waals surface area contributed by atoms with Crippen LogP contribution in [0.5, 0.6) is 0 Å². The number of rotatable bonds is 2. The van der Waals surface area contributed by atoms with Gasteiger partial charge < -0.3 is 10.0 Å². The molecule has 1 aliphatic rings. The van der Waals surface area contributed by atoms with Crippen LogP contribution >= 0.6 is 0 Å². The minimum atomic E-state index is -1.10. The molecule has 6 heteroatoms. The van der Waals surface area contributed by atoms with Crippen LogP contribution in [0.2, 0.25) is 0 Å². The highest BCUT2D eigenvalue weighted by atomic mass is 16.4. The highest BCUT2D eigenvalue weighted by Crippen LogP contribution is 2.08.